The van der Waals surface area contributed by atoms with Crippen molar-refractivity contribution in [3.8, 4) is 34.1 Å². The van der Waals surface area contributed by atoms with Gasteiger partial charge in [0.25, 0.3) is 0 Å². The van der Waals surface area contributed by atoms with Crippen LogP contribution in [0.2, 0.25) is 0 Å². The maximum Gasteiger partial charge on any atom is 0.137 e. The lowest BCUT2D eigenvalue weighted by Crippen LogP contribution is -2.05. The van der Waals surface area contributed by atoms with Gasteiger partial charge in [-0.15, -0.1) is 0 Å². The first-order chi connectivity index (χ1) is 24.6. The van der Waals surface area contributed by atoms with Gasteiger partial charge >= 0.3 is 0 Å². The van der Waals surface area contributed by atoms with Gasteiger partial charge in [0.05, 0.1) is 28.1 Å². The van der Waals surface area contributed by atoms with Crippen molar-refractivity contribution < 1.29 is 4.74 Å². The lowest BCUT2D eigenvalue weighted by atomic mass is 9.86. The van der Waals surface area contributed by atoms with Gasteiger partial charge in [-0.05, 0) is 109 Å². The fourth-order valence-electron chi connectivity index (χ4n) is 7.43. The van der Waals surface area contributed by atoms with Crippen molar-refractivity contribution in [1.29, 1.82) is 0 Å². The fraction of sp³-hybridized carbons (Fsp3) is 0.304. The highest BCUT2D eigenvalue weighted by Gasteiger charge is 2.20. The molecule has 0 saturated carbocycles. The number of hydrogen-bond donors (Lipinski definition) is 0. The van der Waals surface area contributed by atoms with Crippen molar-refractivity contribution >= 4 is 21.8 Å². The van der Waals surface area contributed by atoms with Crippen molar-refractivity contribution in [3.05, 3.63) is 132 Å². The lowest BCUT2D eigenvalue weighted by molar-refractivity contribution is 0.354. The SMILES string of the molecule is CCc1nn(-c2cccc(Oc3ccc4c5cc(C(C)CCCC(C)(C)C)ccc5n(-c5cc(C)ccn5)c4c3)c2)c(CC)c1-c1ccccc1. The second kappa shape index (κ2) is 14.2. The van der Waals surface area contributed by atoms with E-state index in [1.165, 1.54) is 58.0 Å². The van der Waals surface area contributed by atoms with E-state index >= 15 is 0 Å². The third-order valence-electron chi connectivity index (χ3n) is 10.1. The van der Waals surface area contributed by atoms with E-state index < -0.39 is 0 Å². The molecule has 5 nitrogen and oxygen atoms in total. The Morgan fingerprint density at radius 2 is 1.57 bits per heavy atom. The van der Waals surface area contributed by atoms with Crippen LogP contribution in [0.3, 0.4) is 0 Å². The highest BCUT2D eigenvalue weighted by Crippen LogP contribution is 2.38. The van der Waals surface area contributed by atoms with Crippen LogP contribution in [0, 0.1) is 12.3 Å². The van der Waals surface area contributed by atoms with E-state index in [0.717, 1.165) is 52.6 Å². The third-order valence-corrected chi connectivity index (χ3v) is 10.1. The maximum absolute atomic E-state index is 6.64. The summed E-state index contributed by atoms with van der Waals surface area (Å²) in [6.45, 7) is 15.9. The molecule has 0 fully saturated rings. The normalized spacial score (nSPS) is 12.5. The maximum atomic E-state index is 6.64. The number of hydrogen-bond acceptors (Lipinski definition) is 3. The van der Waals surface area contributed by atoms with E-state index in [4.69, 9.17) is 14.8 Å². The first kappa shape index (κ1) is 34.3. The number of pyridine rings is 1. The number of aryl methyl sites for hydroxylation is 2. The van der Waals surface area contributed by atoms with E-state index in [1.54, 1.807) is 0 Å². The summed E-state index contributed by atoms with van der Waals surface area (Å²) in [5.74, 6) is 2.95. The number of nitrogens with zero attached hydrogens (tertiary/aromatic N) is 4. The molecule has 1 atom stereocenters. The predicted molar refractivity (Wildman–Crippen MR) is 213 cm³/mol. The zero-order chi connectivity index (χ0) is 35.7. The molecule has 1 unspecified atom stereocenters. The summed E-state index contributed by atoms with van der Waals surface area (Å²) < 4.78 is 11.0. The molecule has 0 spiro atoms. The monoisotopic (exact) mass is 674 g/mol. The second-order valence-corrected chi connectivity index (χ2v) is 15.2. The number of aromatic nitrogens is 4. The third kappa shape index (κ3) is 7.08. The van der Waals surface area contributed by atoms with E-state index in [1.807, 2.05) is 18.3 Å². The highest BCUT2D eigenvalue weighted by atomic mass is 16.5. The van der Waals surface area contributed by atoms with Crippen LogP contribution < -0.4 is 4.74 Å². The summed E-state index contributed by atoms with van der Waals surface area (Å²) in [5.41, 5.74) is 10.9. The molecule has 3 aromatic heterocycles. The molecule has 260 valence electrons. The minimum absolute atomic E-state index is 0.362. The molecule has 7 aromatic rings. The highest BCUT2D eigenvalue weighted by molar-refractivity contribution is 6.09. The second-order valence-electron chi connectivity index (χ2n) is 15.2. The molecular formula is C46H50N4O. The van der Waals surface area contributed by atoms with Gasteiger partial charge in [-0.2, -0.15) is 5.10 Å². The molecule has 0 aliphatic rings. The van der Waals surface area contributed by atoms with Crippen LogP contribution in [0.1, 0.15) is 89.2 Å². The van der Waals surface area contributed by atoms with Crippen molar-refractivity contribution in [2.75, 3.05) is 0 Å². The average Bonchev–Trinajstić information content (AvgIpc) is 3.66. The molecule has 0 aliphatic carbocycles. The van der Waals surface area contributed by atoms with E-state index in [2.05, 4.69) is 149 Å². The predicted octanol–water partition coefficient (Wildman–Crippen LogP) is 12.6. The summed E-state index contributed by atoms with van der Waals surface area (Å²) in [5, 5.41) is 7.55. The Morgan fingerprint density at radius 1 is 0.765 bits per heavy atom. The van der Waals surface area contributed by atoms with Crippen molar-refractivity contribution in [2.45, 2.75) is 86.5 Å². The Morgan fingerprint density at radius 3 is 2.31 bits per heavy atom. The molecule has 51 heavy (non-hydrogen) atoms. The Kier molecular flexibility index (Phi) is 9.56. The number of rotatable bonds is 11. The summed E-state index contributed by atoms with van der Waals surface area (Å²) in [7, 11) is 0. The Balaban J connectivity index is 1.26. The zero-order valence-corrected chi connectivity index (χ0v) is 31.2. The van der Waals surface area contributed by atoms with Crippen LogP contribution in [0.25, 0.3) is 44.4 Å². The number of benzene rings is 4. The van der Waals surface area contributed by atoms with Gasteiger partial charge in [-0.1, -0.05) is 90.4 Å². The zero-order valence-electron chi connectivity index (χ0n) is 31.2. The standard InChI is InChI=1S/C46H50N4O/c1-8-40-45(33-16-11-10-12-17-33)41(9-2)50(48-40)35-18-13-19-36(29-35)51-37-21-22-38-39-28-34(32(4)15-14-25-46(5,6)7)20-23-42(39)49(43(38)30-37)44-27-31(3)24-26-47-44/h10-13,16-24,26-30,32H,8-9,14-15,25H2,1-7H3. The topological polar surface area (TPSA) is 44.9 Å². The summed E-state index contributed by atoms with van der Waals surface area (Å²) in [6.07, 6.45) is 7.28. The molecule has 0 aliphatic heterocycles. The Labute approximate surface area is 302 Å². The molecule has 0 radical (unpaired) electrons. The minimum atomic E-state index is 0.362. The first-order valence-corrected chi connectivity index (χ1v) is 18.6. The van der Waals surface area contributed by atoms with Crippen molar-refractivity contribution in [1.82, 2.24) is 19.3 Å². The summed E-state index contributed by atoms with van der Waals surface area (Å²) >= 11 is 0. The molecule has 3 heterocycles. The van der Waals surface area contributed by atoms with Crippen LogP contribution in [-0.2, 0) is 12.8 Å². The van der Waals surface area contributed by atoms with Gasteiger partial charge in [0.1, 0.15) is 17.3 Å². The minimum Gasteiger partial charge on any atom is -0.457 e. The van der Waals surface area contributed by atoms with Crippen LogP contribution >= 0.6 is 0 Å². The number of fused-ring (bicyclic) bond motifs is 3. The van der Waals surface area contributed by atoms with Gasteiger partial charge in [-0.25, -0.2) is 9.67 Å². The Bertz CT molecular complexity index is 2300. The molecular weight excluding hydrogens is 625 g/mol. The van der Waals surface area contributed by atoms with Gasteiger partial charge < -0.3 is 4.74 Å². The van der Waals surface area contributed by atoms with Crippen LogP contribution in [0.15, 0.2) is 109 Å². The number of ether oxygens (including phenoxy) is 1. The van der Waals surface area contributed by atoms with Gasteiger partial charge in [0, 0.05) is 34.7 Å². The van der Waals surface area contributed by atoms with Crippen LogP contribution in [0.4, 0.5) is 0 Å². The molecule has 4 aromatic carbocycles. The molecule has 5 heteroatoms. The molecule has 0 amide bonds. The Hall–Kier alpha value is -5.16. The molecule has 7 rings (SSSR count). The quantitative estimate of drug-likeness (QED) is 0.137. The summed E-state index contributed by atoms with van der Waals surface area (Å²) in [4.78, 5) is 4.83. The van der Waals surface area contributed by atoms with E-state index in [-0.39, 0.29) is 0 Å². The molecule has 0 bridgehead atoms. The summed E-state index contributed by atoms with van der Waals surface area (Å²) in [6, 6.07) is 36.5. The molecule has 0 saturated heterocycles. The molecule has 0 N–H and O–H groups in total. The fourth-order valence-corrected chi connectivity index (χ4v) is 7.43. The van der Waals surface area contributed by atoms with Crippen LogP contribution in [-0.4, -0.2) is 19.3 Å². The van der Waals surface area contributed by atoms with Crippen molar-refractivity contribution in [3.63, 3.8) is 0 Å². The van der Waals surface area contributed by atoms with Crippen LogP contribution in [0.5, 0.6) is 11.5 Å². The lowest BCUT2D eigenvalue weighted by Gasteiger charge is -2.19. The van der Waals surface area contributed by atoms with Crippen molar-refractivity contribution in [2.24, 2.45) is 5.41 Å². The first-order valence-electron chi connectivity index (χ1n) is 18.6. The van der Waals surface area contributed by atoms with E-state index in [9.17, 15) is 0 Å². The van der Waals surface area contributed by atoms with E-state index in [0.29, 0.717) is 11.3 Å². The van der Waals surface area contributed by atoms with Gasteiger partial charge in [-0.3, -0.25) is 4.57 Å². The average molecular weight is 675 g/mol. The smallest absolute Gasteiger partial charge is 0.137 e. The largest absolute Gasteiger partial charge is 0.457 e. The van der Waals surface area contributed by atoms with Gasteiger partial charge in [0.2, 0.25) is 0 Å². The van der Waals surface area contributed by atoms with Gasteiger partial charge in [0.15, 0.2) is 0 Å².